The van der Waals surface area contributed by atoms with Crippen LogP contribution in [0.3, 0.4) is 0 Å². The lowest BCUT2D eigenvalue weighted by molar-refractivity contribution is -0.158. The van der Waals surface area contributed by atoms with E-state index < -0.39 is 29.3 Å². The molecule has 0 unspecified atom stereocenters. The molecule has 122 valence electrons. The molecule has 0 spiro atoms. The lowest BCUT2D eigenvalue weighted by atomic mass is 10.1. The van der Waals surface area contributed by atoms with Gasteiger partial charge in [0.05, 0.1) is 0 Å². The molecular weight excluding hydrogens is 294 g/mol. The third kappa shape index (κ3) is 10.2. The summed E-state index contributed by atoms with van der Waals surface area (Å²) in [5.41, 5.74) is -1.39. The van der Waals surface area contributed by atoms with Crippen molar-refractivity contribution in [2.45, 2.75) is 65.2 Å². The Balaban J connectivity index is 4.86. The SMILES string of the molecule is CSC(=O)C[C@H](NC(=O)OC(C)(C)C)C(=O)OC(C)(C)C. The average Bonchev–Trinajstić information content (AvgIpc) is 2.22. The quantitative estimate of drug-likeness (QED) is 0.802. The van der Waals surface area contributed by atoms with E-state index in [1.165, 1.54) is 0 Å². The number of amides is 1. The van der Waals surface area contributed by atoms with Crippen molar-refractivity contribution in [1.29, 1.82) is 0 Å². The van der Waals surface area contributed by atoms with Gasteiger partial charge in [0.25, 0.3) is 0 Å². The number of hydrogen-bond acceptors (Lipinski definition) is 6. The highest BCUT2D eigenvalue weighted by molar-refractivity contribution is 8.13. The fourth-order valence-corrected chi connectivity index (χ4v) is 1.60. The van der Waals surface area contributed by atoms with Gasteiger partial charge in [-0.1, -0.05) is 11.8 Å². The Kier molecular flexibility index (Phi) is 7.23. The van der Waals surface area contributed by atoms with Gasteiger partial charge in [0.15, 0.2) is 5.12 Å². The molecular formula is C14H25NO5S. The van der Waals surface area contributed by atoms with Crippen molar-refractivity contribution in [3.05, 3.63) is 0 Å². The first-order valence-electron chi connectivity index (χ1n) is 6.63. The van der Waals surface area contributed by atoms with Gasteiger partial charge < -0.3 is 14.8 Å². The highest BCUT2D eigenvalue weighted by Gasteiger charge is 2.30. The van der Waals surface area contributed by atoms with Gasteiger partial charge in [-0.15, -0.1) is 0 Å². The molecule has 0 aliphatic heterocycles. The van der Waals surface area contributed by atoms with E-state index in [2.05, 4.69) is 5.32 Å². The van der Waals surface area contributed by atoms with E-state index in [0.717, 1.165) is 11.8 Å². The first kappa shape index (κ1) is 19.8. The molecule has 1 amide bonds. The van der Waals surface area contributed by atoms with Crippen LogP contribution in [0.1, 0.15) is 48.0 Å². The molecule has 0 heterocycles. The maximum absolute atomic E-state index is 12.1. The van der Waals surface area contributed by atoms with E-state index in [1.807, 2.05) is 0 Å². The van der Waals surface area contributed by atoms with Crippen LogP contribution >= 0.6 is 11.8 Å². The third-order valence-corrected chi connectivity index (χ3v) is 2.60. The Morgan fingerprint density at radius 1 is 1.00 bits per heavy atom. The van der Waals surface area contributed by atoms with Gasteiger partial charge in [0.2, 0.25) is 0 Å². The average molecular weight is 319 g/mol. The molecule has 0 aromatic heterocycles. The second-order valence-electron chi connectivity index (χ2n) is 6.51. The van der Waals surface area contributed by atoms with Gasteiger partial charge >= 0.3 is 12.1 Å². The summed E-state index contributed by atoms with van der Waals surface area (Å²) in [4.78, 5) is 35.3. The molecule has 1 N–H and O–H groups in total. The van der Waals surface area contributed by atoms with Gasteiger partial charge in [-0.2, -0.15) is 0 Å². The fourth-order valence-electron chi connectivity index (χ4n) is 1.27. The summed E-state index contributed by atoms with van der Waals surface area (Å²) < 4.78 is 10.3. The summed E-state index contributed by atoms with van der Waals surface area (Å²) >= 11 is 0.990. The molecule has 0 bridgehead atoms. The zero-order valence-corrected chi connectivity index (χ0v) is 14.6. The van der Waals surface area contributed by atoms with E-state index in [1.54, 1.807) is 47.8 Å². The van der Waals surface area contributed by atoms with Crippen molar-refractivity contribution < 1.29 is 23.9 Å². The molecule has 7 heteroatoms. The zero-order chi connectivity index (χ0) is 16.8. The summed E-state index contributed by atoms with van der Waals surface area (Å²) in [6.45, 7) is 10.3. The van der Waals surface area contributed by atoms with E-state index >= 15 is 0 Å². The van der Waals surface area contributed by atoms with Crippen molar-refractivity contribution in [3.8, 4) is 0 Å². The van der Waals surface area contributed by atoms with Gasteiger partial charge in [-0.05, 0) is 47.8 Å². The van der Waals surface area contributed by atoms with E-state index in [-0.39, 0.29) is 11.5 Å². The molecule has 0 aromatic rings. The van der Waals surface area contributed by atoms with Gasteiger partial charge in [-0.3, -0.25) is 4.79 Å². The van der Waals surface area contributed by atoms with Crippen molar-refractivity contribution in [2.24, 2.45) is 0 Å². The molecule has 0 aliphatic rings. The third-order valence-electron chi connectivity index (χ3n) is 1.98. The molecule has 1 atom stereocenters. The van der Waals surface area contributed by atoms with Crippen molar-refractivity contribution in [1.82, 2.24) is 5.32 Å². The van der Waals surface area contributed by atoms with Crippen LogP contribution < -0.4 is 5.32 Å². The molecule has 0 radical (unpaired) electrons. The Morgan fingerprint density at radius 3 is 1.86 bits per heavy atom. The van der Waals surface area contributed by atoms with Crippen molar-refractivity contribution in [2.75, 3.05) is 6.26 Å². The number of esters is 1. The molecule has 6 nitrogen and oxygen atoms in total. The van der Waals surface area contributed by atoms with Crippen molar-refractivity contribution >= 4 is 28.9 Å². The number of rotatable bonds is 4. The van der Waals surface area contributed by atoms with E-state index in [9.17, 15) is 14.4 Å². The molecule has 0 aliphatic carbocycles. The fraction of sp³-hybridized carbons (Fsp3) is 0.786. The summed E-state index contributed by atoms with van der Waals surface area (Å²) in [7, 11) is 0. The Labute approximate surface area is 130 Å². The van der Waals surface area contributed by atoms with Crippen LogP contribution in [0.4, 0.5) is 4.79 Å². The maximum atomic E-state index is 12.1. The lowest BCUT2D eigenvalue weighted by Gasteiger charge is -2.25. The second-order valence-corrected chi connectivity index (χ2v) is 7.38. The molecule has 0 rings (SSSR count). The molecule has 0 fully saturated rings. The highest BCUT2D eigenvalue weighted by atomic mass is 32.2. The number of ether oxygens (including phenoxy) is 2. The largest absolute Gasteiger partial charge is 0.458 e. The predicted molar refractivity (Wildman–Crippen MR) is 82.1 cm³/mol. The van der Waals surface area contributed by atoms with E-state index in [4.69, 9.17) is 9.47 Å². The minimum absolute atomic E-state index is 0.144. The van der Waals surface area contributed by atoms with Crippen LogP contribution in [0, 0.1) is 0 Å². The van der Waals surface area contributed by atoms with Gasteiger partial charge in [-0.25, -0.2) is 9.59 Å². The molecule has 21 heavy (non-hydrogen) atoms. The molecule has 0 saturated carbocycles. The molecule has 0 aromatic carbocycles. The topological polar surface area (TPSA) is 81.7 Å². The summed E-state index contributed by atoms with van der Waals surface area (Å²) in [5.74, 6) is -0.657. The first-order valence-corrected chi connectivity index (χ1v) is 7.86. The Bertz CT molecular complexity index is 395. The summed E-state index contributed by atoms with van der Waals surface area (Å²) in [6, 6.07) is -1.06. The van der Waals surface area contributed by atoms with Crippen LogP contribution in [0.2, 0.25) is 0 Å². The maximum Gasteiger partial charge on any atom is 0.408 e. The van der Waals surface area contributed by atoms with Crippen LogP contribution in [-0.2, 0) is 19.1 Å². The summed E-state index contributed by atoms with van der Waals surface area (Å²) in [5, 5.41) is 2.17. The number of carbonyl (C=O) groups excluding carboxylic acids is 3. The smallest absolute Gasteiger partial charge is 0.408 e. The second kappa shape index (κ2) is 7.68. The minimum atomic E-state index is -1.06. The normalized spacial score (nSPS) is 13.3. The van der Waals surface area contributed by atoms with Crippen LogP contribution in [-0.4, -0.2) is 40.7 Å². The highest BCUT2D eigenvalue weighted by Crippen LogP contribution is 2.13. The van der Waals surface area contributed by atoms with Crippen LogP contribution in [0.15, 0.2) is 0 Å². The monoisotopic (exact) mass is 319 g/mol. The first-order chi connectivity index (χ1) is 9.34. The number of carbonyl (C=O) groups is 3. The standard InChI is InChI=1S/C14H25NO5S/c1-13(2,3)19-11(17)9(8-10(16)21-7)15-12(18)20-14(4,5)6/h9H,8H2,1-7H3,(H,15,18)/t9-/m0/s1. The lowest BCUT2D eigenvalue weighted by Crippen LogP contribution is -2.46. The number of thioether (sulfide) groups is 1. The summed E-state index contributed by atoms with van der Waals surface area (Å²) in [6.07, 6.45) is 0.712. The van der Waals surface area contributed by atoms with Crippen molar-refractivity contribution in [3.63, 3.8) is 0 Å². The van der Waals surface area contributed by atoms with E-state index in [0.29, 0.717) is 0 Å². The van der Waals surface area contributed by atoms with Gasteiger partial charge in [0.1, 0.15) is 17.2 Å². The van der Waals surface area contributed by atoms with Crippen LogP contribution in [0.5, 0.6) is 0 Å². The zero-order valence-electron chi connectivity index (χ0n) is 13.7. The Hall–Kier alpha value is -1.24. The van der Waals surface area contributed by atoms with Gasteiger partial charge in [0, 0.05) is 6.42 Å². The van der Waals surface area contributed by atoms with Crippen LogP contribution in [0.25, 0.3) is 0 Å². The Morgan fingerprint density at radius 2 is 1.48 bits per heavy atom. The molecule has 0 saturated heterocycles. The predicted octanol–water partition coefficient (Wildman–Crippen LogP) is 2.50. The number of hydrogen-bond donors (Lipinski definition) is 1. The number of alkyl carbamates (subject to hydrolysis) is 1. The minimum Gasteiger partial charge on any atom is -0.458 e. The number of nitrogens with one attached hydrogen (secondary N) is 1.